The van der Waals surface area contributed by atoms with Gasteiger partial charge in [0.25, 0.3) is 0 Å². The van der Waals surface area contributed by atoms with Gasteiger partial charge in [0.15, 0.2) is 0 Å². The molecule has 0 atom stereocenters. The Kier molecular flexibility index (Phi) is 3.84. The van der Waals surface area contributed by atoms with Crippen LogP contribution in [0.2, 0.25) is 0 Å². The number of halogens is 2. The van der Waals surface area contributed by atoms with Crippen molar-refractivity contribution in [3.63, 3.8) is 0 Å². The Morgan fingerprint density at radius 2 is 2.08 bits per heavy atom. The molecule has 0 bridgehead atoms. The maximum atomic E-state index is 14.9. The number of hydrogen-bond donors (Lipinski definition) is 0. The molecular weight excluding hydrogens is 320 g/mol. The van der Waals surface area contributed by atoms with E-state index in [-0.39, 0.29) is 5.56 Å². The Morgan fingerprint density at radius 1 is 1.24 bits per heavy atom. The summed E-state index contributed by atoms with van der Waals surface area (Å²) in [6.45, 7) is 2.99. The number of benzene rings is 1. The highest BCUT2D eigenvalue weighted by atomic mass is 19.3. The molecule has 3 aromatic rings. The maximum Gasteiger partial charge on any atom is 0.333 e. The van der Waals surface area contributed by atoms with E-state index in [0.717, 1.165) is 33.7 Å². The van der Waals surface area contributed by atoms with Crippen LogP contribution in [0.25, 0.3) is 10.9 Å². The molecule has 25 heavy (non-hydrogen) atoms. The second-order valence-corrected chi connectivity index (χ2v) is 6.82. The molecule has 0 unspecified atom stereocenters. The van der Waals surface area contributed by atoms with E-state index in [1.165, 1.54) is 7.05 Å². The van der Waals surface area contributed by atoms with Crippen molar-refractivity contribution in [1.29, 1.82) is 0 Å². The number of likely N-dealkylation sites (N-methyl/N-ethyl adjacent to an activating group) is 1. The molecule has 0 fully saturated rings. The highest BCUT2D eigenvalue weighted by Gasteiger charge is 2.45. The third-order valence-corrected chi connectivity index (χ3v) is 5.14. The van der Waals surface area contributed by atoms with Gasteiger partial charge < -0.3 is 4.57 Å². The standard InChI is InChI=1S/C20H21F2N3/c1-14-5-6-17-16(12-14)19-18(8-10-24(2)20(19,21)22)25(17)11-7-15-4-3-9-23-13-15/h3-6,9,12-13H,7-8,10-11H2,1-2H3. The van der Waals surface area contributed by atoms with Gasteiger partial charge in [-0.1, -0.05) is 17.7 Å². The molecule has 0 spiro atoms. The number of nitrogens with zero attached hydrogens (tertiary/aromatic N) is 3. The minimum absolute atomic E-state index is 0.186. The molecule has 1 aliphatic rings. The summed E-state index contributed by atoms with van der Waals surface area (Å²) in [5, 5.41) is 0.678. The van der Waals surface area contributed by atoms with Gasteiger partial charge in [-0.3, -0.25) is 4.98 Å². The van der Waals surface area contributed by atoms with E-state index in [1.807, 2.05) is 43.5 Å². The van der Waals surface area contributed by atoms with Crippen LogP contribution in [0.15, 0.2) is 42.7 Å². The fourth-order valence-electron chi connectivity index (χ4n) is 3.76. The fraction of sp³-hybridized carbons (Fsp3) is 0.350. The van der Waals surface area contributed by atoms with Crippen molar-refractivity contribution in [2.75, 3.05) is 13.6 Å². The summed E-state index contributed by atoms with van der Waals surface area (Å²) in [5.41, 5.74) is 3.97. The number of fused-ring (bicyclic) bond motifs is 3. The van der Waals surface area contributed by atoms with Crippen LogP contribution in [-0.4, -0.2) is 28.0 Å². The molecule has 5 heteroatoms. The third-order valence-electron chi connectivity index (χ3n) is 5.14. The molecule has 0 aliphatic carbocycles. The van der Waals surface area contributed by atoms with E-state index >= 15 is 0 Å². The number of alkyl halides is 2. The molecule has 1 aromatic carbocycles. The molecule has 3 nitrogen and oxygen atoms in total. The van der Waals surface area contributed by atoms with E-state index in [4.69, 9.17) is 0 Å². The number of aromatic nitrogens is 2. The normalized spacial score (nSPS) is 17.0. The zero-order valence-corrected chi connectivity index (χ0v) is 14.5. The highest BCUT2D eigenvalue weighted by molar-refractivity contribution is 5.87. The summed E-state index contributed by atoms with van der Waals surface area (Å²) in [6, 6.07) is 6.86. The SMILES string of the molecule is Cc1ccc2c(c1)c1c(n2CCc2cccnc2)CCN(C)C1(F)F. The van der Waals surface area contributed by atoms with Gasteiger partial charge in [0.05, 0.1) is 5.56 Å². The van der Waals surface area contributed by atoms with Crippen LogP contribution in [0.4, 0.5) is 8.78 Å². The average molecular weight is 341 g/mol. The van der Waals surface area contributed by atoms with Crippen LogP contribution in [0.3, 0.4) is 0 Å². The molecule has 0 saturated heterocycles. The smallest absolute Gasteiger partial charge is 0.333 e. The summed E-state index contributed by atoms with van der Waals surface area (Å²) < 4.78 is 31.9. The molecule has 3 heterocycles. The van der Waals surface area contributed by atoms with Crippen molar-refractivity contribution in [3.05, 3.63) is 65.1 Å². The lowest BCUT2D eigenvalue weighted by molar-refractivity contribution is -0.148. The Bertz CT molecular complexity index is 916. The average Bonchev–Trinajstić information content (AvgIpc) is 2.91. The van der Waals surface area contributed by atoms with Crippen molar-refractivity contribution in [2.45, 2.75) is 32.4 Å². The Morgan fingerprint density at radius 3 is 2.84 bits per heavy atom. The van der Waals surface area contributed by atoms with Gasteiger partial charge in [0.2, 0.25) is 0 Å². The summed E-state index contributed by atoms with van der Waals surface area (Å²) in [4.78, 5) is 5.30. The van der Waals surface area contributed by atoms with Crippen LogP contribution < -0.4 is 0 Å². The Labute approximate surface area is 145 Å². The topological polar surface area (TPSA) is 21.1 Å². The van der Waals surface area contributed by atoms with Crippen LogP contribution in [0.5, 0.6) is 0 Å². The molecule has 130 valence electrons. The summed E-state index contributed by atoms with van der Waals surface area (Å²) in [7, 11) is 1.50. The van der Waals surface area contributed by atoms with E-state index in [1.54, 1.807) is 6.20 Å². The number of pyridine rings is 1. The second kappa shape index (κ2) is 5.92. The van der Waals surface area contributed by atoms with E-state index in [0.29, 0.717) is 24.9 Å². The van der Waals surface area contributed by atoms with E-state index in [9.17, 15) is 8.78 Å². The van der Waals surface area contributed by atoms with Crippen LogP contribution >= 0.6 is 0 Å². The summed E-state index contributed by atoms with van der Waals surface area (Å²) in [6.07, 6.45) is 5.00. The quantitative estimate of drug-likeness (QED) is 0.668. The second-order valence-electron chi connectivity index (χ2n) is 6.82. The van der Waals surface area contributed by atoms with Gasteiger partial charge in [-0.05, 0) is 44.2 Å². The lowest BCUT2D eigenvalue weighted by Gasteiger charge is -2.33. The zero-order chi connectivity index (χ0) is 17.6. The molecular formula is C20H21F2N3. The van der Waals surface area contributed by atoms with Crippen LogP contribution in [0, 0.1) is 6.92 Å². The molecule has 0 N–H and O–H groups in total. The largest absolute Gasteiger partial charge is 0.344 e. The first-order valence-corrected chi connectivity index (χ1v) is 8.58. The van der Waals surface area contributed by atoms with E-state index < -0.39 is 6.05 Å². The van der Waals surface area contributed by atoms with Crippen LogP contribution in [0.1, 0.15) is 22.4 Å². The van der Waals surface area contributed by atoms with Crippen molar-refractivity contribution >= 4 is 10.9 Å². The van der Waals surface area contributed by atoms with Gasteiger partial charge in [-0.25, -0.2) is 4.90 Å². The summed E-state index contributed by atoms with van der Waals surface area (Å²) in [5.74, 6) is 0. The Hall–Kier alpha value is -2.27. The number of rotatable bonds is 3. The first kappa shape index (κ1) is 16.2. The van der Waals surface area contributed by atoms with Crippen LogP contribution in [-0.2, 0) is 25.4 Å². The predicted molar refractivity (Wildman–Crippen MR) is 94.8 cm³/mol. The molecule has 0 radical (unpaired) electrons. The fourth-order valence-corrected chi connectivity index (χ4v) is 3.76. The third kappa shape index (κ3) is 2.63. The maximum absolute atomic E-state index is 14.9. The monoisotopic (exact) mass is 341 g/mol. The molecule has 4 rings (SSSR count). The van der Waals surface area contributed by atoms with Crippen molar-refractivity contribution in [3.8, 4) is 0 Å². The first-order valence-electron chi connectivity index (χ1n) is 8.58. The van der Waals surface area contributed by atoms with Gasteiger partial charge in [0, 0.05) is 48.5 Å². The summed E-state index contributed by atoms with van der Waals surface area (Å²) >= 11 is 0. The van der Waals surface area contributed by atoms with E-state index in [2.05, 4.69) is 9.55 Å². The molecule has 0 amide bonds. The number of hydrogen-bond acceptors (Lipinski definition) is 2. The van der Waals surface area contributed by atoms with Gasteiger partial charge in [-0.2, -0.15) is 8.78 Å². The molecule has 2 aromatic heterocycles. The molecule has 0 saturated carbocycles. The first-order chi connectivity index (χ1) is 12.0. The van der Waals surface area contributed by atoms with Gasteiger partial charge in [0.1, 0.15) is 0 Å². The lowest BCUT2D eigenvalue weighted by Crippen LogP contribution is -2.42. The predicted octanol–water partition coefficient (Wildman–Crippen LogP) is 4.12. The van der Waals surface area contributed by atoms with Gasteiger partial charge in [-0.15, -0.1) is 0 Å². The van der Waals surface area contributed by atoms with Gasteiger partial charge >= 0.3 is 6.05 Å². The minimum Gasteiger partial charge on any atom is -0.344 e. The molecule has 1 aliphatic heterocycles. The zero-order valence-electron chi connectivity index (χ0n) is 14.5. The lowest BCUT2D eigenvalue weighted by atomic mass is 10.0. The number of aryl methyl sites for hydroxylation is 3. The Balaban J connectivity index is 1.84. The minimum atomic E-state index is -2.93. The van der Waals surface area contributed by atoms with Crippen molar-refractivity contribution in [1.82, 2.24) is 14.5 Å². The van der Waals surface area contributed by atoms with Crippen molar-refractivity contribution in [2.24, 2.45) is 0 Å². The highest BCUT2D eigenvalue weighted by Crippen LogP contribution is 2.43. The van der Waals surface area contributed by atoms with Crippen molar-refractivity contribution < 1.29 is 8.78 Å².